The number of pyridine rings is 1. The number of carbonyl (C=O) groups excluding carboxylic acids is 2. The highest BCUT2D eigenvalue weighted by Gasteiger charge is 2.37. The molecule has 0 radical (unpaired) electrons. The van der Waals surface area contributed by atoms with Gasteiger partial charge in [-0.15, -0.1) is 0 Å². The molecule has 0 saturated carbocycles. The summed E-state index contributed by atoms with van der Waals surface area (Å²) in [6.07, 6.45) is 3.81. The highest BCUT2D eigenvalue weighted by atomic mass is 16.2. The maximum Gasteiger partial charge on any atom is 0.237 e. The predicted molar refractivity (Wildman–Crippen MR) is 75.6 cm³/mol. The van der Waals surface area contributed by atoms with Gasteiger partial charge in [-0.25, -0.2) is 0 Å². The molecule has 0 aliphatic carbocycles. The van der Waals surface area contributed by atoms with Gasteiger partial charge in [-0.2, -0.15) is 0 Å². The van der Waals surface area contributed by atoms with Crippen molar-refractivity contribution in [1.29, 1.82) is 0 Å². The number of imide groups is 1. The quantitative estimate of drug-likeness (QED) is 0.801. The SMILES string of the molecule is C=CN1C(=O)CC(Cc2cccc3cccnc23)C1=O. The molecular weight excluding hydrogens is 252 g/mol. The summed E-state index contributed by atoms with van der Waals surface area (Å²) in [5.41, 5.74) is 1.90. The van der Waals surface area contributed by atoms with Crippen LogP contribution in [0.5, 0.6) is 0 Å². The Morgan fingerprint density at radius 2 is 2.10 bits per heavy atom. The van der Waals surface area contributed by atoms with Crippen molar-refractivity contribution < 1.29 is 9.59 Å². The monoisotopic (exact) mass is 266 g/mol. The average Bonchev–Trinajstić information content (AvgIpc) is 2.73. The standard InChI is InChI=1S/C16H14N2O2/c1-2-18-14(19)10-13(16(18)20)9-12-6-3-5-11-7-4-8-17-15(11)12/h2-8,13H,1,9-10H2. The van der Waals surface area contributed by atoms with E-state index >= 15 is 0 Å². The Morgan fingerprint density at radius 3 is 2.85 bits per heavy atom. The van der Waals surface area contributed by atoms with Crippen LogP contribution in [-0.4, -0.2) is 21.7 Å². The Labute approximate surface area is 116 Å². The third-order valence-corrected chi connectivity index (χ3v) is 3.64. The van der Waals surface area contributed by atoms with Gasteiger partial charge in [0, 0.05) is 24.2 Å². The molecule has 1 aromatic heterocycles. The van der Waals surface area contributed by atoms with Crippen LogP contribution in [0.4, 0.5) is 0 Å². The van der Waals surface area contributed by atoms with Gasteiger partial charge in [0.15, 0.2) is 0 Å². The second-order valence-electron chi connectivity index (χ2n) is 4.88. The number of hydrogen-bond donors (Lipinski definition) is 0. The lowest BCUT2D eigenvalue weighted by Crippen LogP contribution is -2.25. The zero-order valence-corrected chi connectivity index (χ0v) is 11.0. The van der Waals surface area contributed by atoms with Crippen LogP contribution < -0.4 is 0 Å². The highest BCUT2D eigenvalue weighted by molar-refractivity contribution is 6.04. The predicted octanol–water partition coefficient (Wildman–Crippen LogP) is 2.30. The Bertz CT molecular complexity index is 703. The number of fused-ring (bicyclic) bond motifs is 1. The molecule has 2 heterocycles. The van der Waals surface area contributed by atoms with Gasteiger partial charge in [-0.05, 0) is 18.1 Å². The van der Waals surface area contributed by atoms with E-state index in [2.05, 4.69) is 11.6 Å². The molecule has 1 unspecified atom stereocenters. The van der Waals surface area contributed by atoms with Gasteiger partial charge in [-0.1, -0.05) is 30.8 Å². The van der Waals surface area contributed by atoms with E-state index in [-0.39, 0.29) is 24.2 Å². The first-order valence-electron chi connectivity index (χ1n) is 6.52. The minimum atomic E-state index is -0.312. The van der Waals surface area contributed by atoms with E-state index in [1.807, 2.05) is 30.3 Å². The molecule has 1 fully saturated rings. The first kappa shape index (κ1) is 12.5. The summed E-state index contributed by atoms with van der Waals surface area (Å²) in [7, 11) is 0. The highest BCUT2D eigenvalue weighted by Crippen LogP contribution is 2.26. The maximum absolute atomic E-state index is 12.1. The van der Waals surface area contributed by atoms with Gasteiger partial charge < -0.3 is 0 Å². The second kappa shape index (κ2) is 4.89. The molecule has 2 amide bonds. The van der Waals surface area contributed by atoms with Crippen LogP contribution in [0, 0.1) is 5.92 Å². The smallest absolute Gasteiger partial charge is 0.237 e. The second-order valence-corrected chi connectivity index (χ2v) is 4.88. The summed E-state index contributed by atoms with van der Waals surface area (Å²) in [5.74, 6) is -0.658. The normalized spacial score (nSPS) is 18.8. The Morgan fingerprint density at radius 1 is 1.30 bits per heavy atom. The van der Waals surface area contributed by atoms with Gasteiger partial charge in [0.1, 0.15) is 0 Å². The number of rotatable bonds is 3. The van der Waals surface area contributed by atoms with Gasteiger partial charge in [-0.3, -0.25) is 19.5 Å². The molecule has 3 rings (SSSR count). The Hall–Kier alpha value is -2.49. The lowest BCUT2D eigenvalue weighted by molar-refractivity contribution is -0.136. The number of carbonyl (C=O) groups is 2. The minimum Gasteiger partial charge on any atom is -0.274 e. The van der Waals surface area contributed by atoms with E-state index in [0.29, 0.717) is 6.42 Å². The lowest BCUT2D eigenvalue weighted by Gasteiger charge is -2.10. The zero-order valence-electron chi connectivity index (χ0n) is 11.0. The Kier molecular flexibility index (Phi) is 3.06. The summed E-state index contributed by atoms with van der Waals surface area (Å²) >= 11 is 0. The third kappa shape index (κ3) is 1.99. The fraction of sp³-hybridized carbons (Fsp3) is 0.188. The van der Waals surface area contributed by atoms with Gasteiger partial charge in [0.05, 0.1) is 11.4 Å². The van der Waals surface area contributed by atoms with Crippen LogP contribution in [0.15, 0.2) is 49.3 Å². The van der Waals surface area contributed by atoms with Crippen molar-refractivity contribution in [1.82, 2.24) is 9.88 Å². The first-order chi connectivity index (χ1) is 9.70. The summed E-state index contributed by atoms with van der Waals surface area (Å²) in [5, 5.41) is 1.04. The molecule has 100 valence electrons. The van der Waals surface area contributed by atoms with E-state index in [1.54, 1.807) is 6.20 Å². The lowest BCUT2D eigenvalue weighted by atomic mass is 9.96. The van der Waals surface area contributed by atoms with Crippen LogP contribution in [0.1, 0.15) is 12.0 Å². The van der Waals surface area contributed by atoms with Crippen molar-refractivity contribution in [3.8, 4) is 0 Å². The molecule has 0 spiro atoms. The fourth-order valence-electron chi connectivity index (χ4n) is 2.66. The number of hydrogen-bond acceptors (Lipinski definition) is 3. The van der Waals surface area contributed by atoms with E-state index < -0.39 is 0 Å². The summed E-state index contributed by atoms with van der Waals surface area (Å²) < 4.78 is 0. The zero-order chi connectivity index (χ0) is 14.1. The van der Waals surface area contributed by atoms with Gasteiger partial charge in [0.25, 0.3) is 0 Å². The molecule has 1 aliphatic rings. The number of para-hydroxylation sites is 1. The number of nitrogens with zero attached hydrogens (tertiary/aromatic N) is 2. The van der Waals surface area contributed by atoms with Crippen molar-refractivity contribution in [2.24, 2.45) is 5.92 Å². The maximum atomic E-state index is 12.1. The van der Waals surface area contributed by atoms with Crippen molar-refractivity contribution >= 4 is 22.7 Å². The fourth-order valence-corrected chi connectivity index (χ4v) is 2.66. The molecule has 0 N–H and O–H groups in total. The van der Waals surface area contributed by atoms with Gasteiger partial charge >= 0.3 is 0 Å². The van der Waals surface area contributed by atoms with Crippen molar-refractivity contribution in [2.75, 3.05) is 0 Å². The molecule has 20 heavy (non-hydrogen) atoms. The van der Waals surface area contributed by atoms with E-state index in [4.69, 9.17) is 0 Å². The molecular formula is C16H14N2O2. The largest absolute Gasteiger partial charge is 0.274 e. The van der Waals surface area contributed by atoms with Crippen LogP contribution in [-0.2, 0) is 16.0 Å². The van der Waals surface area contributed by atoms with E-state index in [9.17, 15) is 9.59 Å². The number of amides is 2. The topological polar surface area (TPSA) is 50.3 Å². The van der Waals surface area contributed by atoms with E-state index in [0.717, 1.165) is 21.4 Å². The molecule has 4 heteroatoms. The molecule has 4 nitrogen and oxygen atoms in total. The van der Waals surface area contributed by atoms with Crippen LogP contribution in [0.3, 0.4) is 0 Å². The van der Waals surface area contributed by atoms with Crippen molar-refractivity contribution in [2.45, 2.75) is 12.8 Å². The summed E-state index contributed by atoms with van der Waals surface area (Å²) in [6, 6.07) is 9.78. The van der Waals surface area contributed by atoms with Crippen LogP contribution in [0.25, 0.3) is 10.9 Å². The number of likely N-dealkylation sites (tertiary alicyclic amines) is 1. The first-order valence-corrected chi connectivity index (χ1v) is 6.52. The molecule has 1 atom stereocenters. The molecule has 2 aromatic rings. The average molecular weight is 266 g/mol. The van der Waals surface area contributed by atoms with Crippen molar-refractivity contribution in [3.63, 3.8) is 0 Å². The van der Waals surface area contributed by atoms with E-state index in [1.165, 1.54) is 6.20 Å². The molecule has 1 aromatic carbocycles. The minimum absolute atomic E-state index is 0.169. The number of aromatic nitrogens is 1. The van der Waals surface area contributed by atoms with Crippen molar-refractivity contribution in [3.05, 3.63) is 54.9 Å². The number of benzene rings is 1. The van der Waals surface area contributed by atoms with Crippen LogP contribution >= 0.6 is 0 Å². The third-order valence-electron chi connectivity index (χ3n) is 3.64. The van der Waals surface area contributed by atoms with Gasteiger partial charge in [0.2, 0.25) is 11.8 Å². The molecule has 1 aliphatic heterocycles. The summed E-state index contributed by atoms with van der Waals surface area (Å²) in [6.45, 7) is 3.51. The summed E-state index contributed by atoms with van der Waals surface area (Å²) in [4.78, 5) is 29.3. The Balaban J connectivity index is 1.93. The van der Waals surface area contributed by atoms with Crippen LogP contribution in [0.2, 0.25) is 0 Å². The molecule has 0 bridgehead atoms. The molecule has 1 saturated heterocycles.